The number of hydrogen-bond donors (Lipinski definition) is 0. The summed E-state index contributed by atoms with van der Waals surface area (Å²) in [4.78, 5) is 4.93. The smallest absolute Gasteiger partial charge is 0.0541 e. The molecule has 10 aromatic rings. The van der Waals surface area contributed by atoms with Crippen molar-refractivity contribution in [2.75, 3.05) is 9.80 Å². The monoisotopic (exact) mass is 965 g/mol. The number of anilines is 5. The molecule has 3 heteroatoms. The Hall–Kier alpha value is -8.66. The summed E-state index contributed by atoms with van der Waals surface area (Å²) in [6.45, 7) is 9.63. The average molecular weight is 966 g/mol. The average Bonchev–Trinajstić information content (AvgIpc) is 4.06. The second-order valence-corrected chi connectivity index (χ2v) is 22.0. The highest BCUT2D eigenvalue weighted by atomic mass is 15.2. The normalized spacial score (nSPS) is 16.5. The van der Waals surface area contributed by atoms with E-state index in [4.69, 9.17) is 0 Å². The van der Waals surface area contributed by atoms with Crippen LogP contribution in [0.5, 0.6) is 0 Å². The molecule has 362 valence electrons. The zero-order chi connectivity index (χ0) is 50.4. The number of benzene rings is 9. The fraction of sp³-hybridized carbons (Fsp3) is 0.139. The van der Waals surface area contributed by atoms with Crippen molar-refractivity contribution in [2.24, 2.45) is 5.92 Å². The van der Waals surface area contributed by atoms with Crippen molar-refractivity contribution in [2.45, 2.75) is 57.8 Å². The van der Waals surface area contributed by atoms with Gasteiger partial charge < -0.3 is 14.4 Å². The maximum Gasteiger partial charge on any atom is 0.0541 e. The van der Waals surface area contributed by atoms with E-state index < -0.39 is 0 Å². The molecule has 0 amide bonds. The molecule has 0 N–H and O–H groups in total. The first-order valence-electron chi connectivity index (χ1n) is 26.8. The van der Waals surface area contributed by atoms with Crippen molar-refractivity contribution in [3.05, 3.63) is 271 Å². The highest BCUT2D eigenvalue weighted by Crippen LogP contribution is 2.54. The van der Waals surface area contributed by atoms with Gasteiger partial charge in [0.2, 0.25) is 0 Å². The van der Waals surface area contributed by atoms with E-state index in [1.54, 1.807) is 0 Å². The van der Waals surface area contributed by atoms with E-state index in [0.717, 1.165) is 58.8 Å². The first-order chi connectivity index (χ1) is 36.7. The molecule has 1 unspecified atom stereocenters. The lowest BCUT2D eigenvalue weighted by molar-refractivity contribution is 0.414. The number of nitrogens with zero attached hydrogens (tertiary/aromatic N) is 3. The zero-order valence-corrected chi connectivity index (χ0v) is 43.1. The van der Waals surface area contributed by atoms with Crippen molar-refractivity contribution < 1.29 is 0 Å². The molecular weight excluding hydrogens is 907 g/mol. The van der Waals surface area contributed by atoms with Crippen LogP contribution in [0.25, 0.3) is 66.4 Å². The molecule has 14 rings (SSSR count). The summed E-state index contributed by atoms with van der Waals surface area (Å²) in [5, 5.41) is 2.48. The predicted molar refractivity (Wildman–Crippen MR) is 317 cm³/mol. The Morgan fingerprint density at radius 2 is 1.11 bits per heavy atom. The van der Waals surface area contributed by atoms with Crippen LogP contribution in [0.2, 0.25) is 0 Å². The van der Waals surface area contributed by atoms with Crippen molar-refractivity contribution >= 4 is 55.8 Å². The minimum absolute atomic E-state index is 0.0342. The van der Waals surface area contributed by atoms with Gasteiger partial charge in [-0.3, -0.25) is 0 Å². The number of aromatic nitrogens is 1. The van der Waals surface area contributed by atoms with Crippen LogP contribution >= 0.6 is 0 Å². The molecule has 0 saturated heterocycles. The van der Waals surface area contributed by atoms with Gasteiger partial charge in [-0.2, -0.15) is 0 Å². The van der Waals surface area contributed by atoms with Crippen LogP contribution in [0.1, 0.15) is 69.2 Å². The van der Waals surface area contributed by atoms with E-state index in [-0.39, 0.29) is 10.8 Å². The Morgan fingerprint density at radius 1 is 0.440 bits per heavy atom. The first kappa shape index (κ1) is 45.0. The molecule has 1 heterocycles. The van der Waals surface area contributed by atoms with Gasteiger partial charge in [-0.1, -0.05) is 179 Å². The maximum absolute atomic E-state index is 2.51. The molecule has 4 aliphatic carbocycles. The van der Waals surface area contributed by atoms with Gasteiger partial charge in [0, 0.05) is 56.0 Å². The summed E-state index contributed by atoms with van der Waals surface area (Å²) in [6.07, 6.45) is 17.1. The van der Waals surface area contributed by atoms with Crippen LogP contribution in [-0.4, -0.2) is 4.57 Å². The van der Waals surface area contributed by atoms with Crippen LogP contribution < -0.4 is 9.80 Å². The van der Waals surface area contributed by atoms with E-state index >= 15 is 0 Å². The molecule has 9 aromatic carbocycles. The summed E-state index contributed by atoms with van der Waals surface area (Å²) >= 11 is 0. The second-order valence-electron chi connectivity index (χ2n) is 22.0. The van der Waals surface area contributed by atoms with E-state index in [9.17, 15) is 0 Å². The molecule has 0 spiro atoms. The highest BCUT2D eigenvalue weighted by molar-refractivity contribution is 6.11. The van der Waals surface area contributed by atoms with Gasteiger partial charge in [0.1, 0.15) is 0 Å². The summed E-state index contributed by atoms with van der Waals surface area (Å²) in [5.74, 6) is 0.494. The van der Waals surface area contributed by atoms with Gasteiger partial charge in [-0.05, 0) is 183 Å². The number of para-hydroxylation sites is 2. The van der Waals surface area contributed by atoms with E-state index in [2.05, 4.69) is 285 Å². The van der Waals surface area contributed by atoms with Crippen molar-refractivity contribution in [1.29, 1.82) is 0 Å². The first-order valence-corrected chi connectivity index (χ1v) is 26.8. The fourth-order valence-electron chi connectivity index (χ4n) is 13.2. The van der Waals surface area contributed by atoms with E-state index in [0.29, 0.717) is 5.92 Å². The van der Waals surface area contributed by atoms with Gasteiger partial charge in [-0.15, -0.1) is 0 Å². The Balaban J connectivity index is 0.974. The summed E-state index contributed by atoms with van der Waals surface area (Å²) in [6, 6.07) is 77.3. The molecule has 0 fully saturated rings. The third kappa shape index (κ3) is 7.31. The van der Waals surface area contributed by atoms with Crippen LogP contribution in [0.3, 0.4) is 0 Å². The topological polar surface area (TPSA) is 11.4 Å². The lowest BCUT2D eigenvalue weighted by atomic mass is 9.75. The van der Waals surface area contributed by atoms with Crippen molar-refractivity contribution in [3.63, 3.8) is 0 Å². The minimum Gasteiger partial charge on any atom is -0.311 e. The molecule has 75 heavy (non-hydrogen) atoms. The number of hydrogen-bond acceptors (Lipinski definition) is 2. The molecule has 4 aliphatic rings. The van der Waals surface area contributed by atoms with Crippen LogP contribution in [0.4, 0.5) is 28.4 Å². The van der Waals surface area contributed by atoms with Crippen LogP contribution in [0.15, 0.2) is 248 Å². The summed E-state index contributed by atoms with van der Waals surface area (Å²) < 4.78 is 2.49. The van der Waals surface area contributed by atoms with Crippen LogP contribution in [0, 0.1) is 5.92 Å². The van der Waals surface area contributed by atoms with Crippen molar-refractivity contribution in [1.82, 2.24) is 4.57 Å². The highest BCUT2D eigenvalue weighted by Gasteiger charge is 2.43. The SMILES string of the molecule is CC1(C)c2ccccc2-c2ccc(N(C3=CCCC=C3)c3cc(-c4ccc5c(c4)c4ccccc4n5-c4ccc5c(c4)C(C)(C)C4CC=CC=C54)cc(N(c4ccccc4)c4ccc(-c5ccccc5)cc4)c3)cc21. The predicted octanol–water partition coefficient (Wildman–Crippen LogP) is 19.5. The quantitative estimate of drug-likeness (QED) is 0.143. The van der Waals surface area contributed by atoms with Gasteiger partial charge >= 0.3 is 0 Å². The van der Waals surface area contributed by atoms with Gasteiger partial charge in [0.25, 0.3) is 0 Å². The lowest BCUT2D eigenvalue weighted by Gasteiger charge is -2.32. The standard InChI is InChI=1S/C72H59N3/c1-71(2)65-29-17-14-26-59(65)61-39-37-55(46-67(61)71)74(53-24-12-7-13-25-53)58-43-51(42-57(45-58)73(52-22-10-6-11-23-52)54-35-32-49(33-36-54)48-20-8-5-9-21-48)50-34-41-70-64(44-50)63-28-16-19-31-69(63)75(70)56-38-40-62-60-27-15-18-30-66(60)72(3,4)68(62)47-56/h5-6,8-12,14-29,31-47,66H,7,13,30H2,1-4H3. The molecule has 0 saturated carbocycles. The lowest BCUT2D eigenvalue weighted by Crippen LogP contribution is -2.24. The molecule has 0 radical (unpaired) electrons. The molecule has 0 aliphatic heterocycles. The molecule has 0 bridgehead atoms. The van der Waals surface area contributed by atoms with Crippen LogP contribution in [-0.2, 0) is 10.8 Å². The Labute approximate surface area is 441 Å². The fourth-order valence-corrected chi connectivity index (χ4v) is 13.2. The number of allylic oxidation sites excluding steroid dienone is 7. The summed E-state index contributed by atoms with van der Waals surface area (Å²) in [7, 11) is 0. The number of rotatable bonds is 9. The Bertz CT molecular complexity index is 4030. The minimum atomic E-state index is -0.147. The zero-order valence-electron chi connectivity index (χ0n) is 43.1. The number of fused-ring (bicyclic) bond motifs is 9. The molecular formula is C72H59N3. The molecule has 1 aromatic heterocycles. The molecule has 3 nitrogen and oxygen atoms in total. The van der Waals surface area contributed by atoms with Crippen molar-refractivity contribution in [3.8, 4) is 39.1 Å². The summed E-state index contributed by atoms with van der Waals surface area (Å²) in [5.41, 5.74) is 24.6. The Kier molecular flexibility index (Phi) is 10.5. The third-order valence-corrected chi connectivity index (χ3v) is 17.0. The molecule has 1 atom stereocenters. The Morgan fingerprint density at radius 3 is 1.92 bits per heavy atom. The van der Waals surface area contributed by atoms with Gasteiger partial charge in [0.05, 0.1) is 11.0 Å². The van der Waals surface area contributed by atoms with E-state index in [1.807, 2.05) is 0 Å². The van der Waals surface area contributed by atoms with E-state index in [1.165, 1.54) is 83.3 Å². The van der Waals surface area contributed by atoms with Gasteiger partial charge in [0.15, 0.2) is 0 Å². The third-order valence-electron chi connectivity index (χ3n) is 17.0. The van der Waals surface area contributed by atoms with Gasteiger partial charge in [-0.25, -0.2) is 0 Å². The maximum atomic E-state index is 2.51. The second kappa shape index (κ2) is 17.5. The largest absolute Gasteiger partial charge is 0.311 e.